The van der Waals surface area contributed by atoms with Crippen molar-refractivity contribution >= 4 is 37.1 Å². The highest BCUT2D eigenvalue weighted by Gasteiger charge is 2.37. The van der Waals surface area contributed by atoms with Crippen molar-refractivity contribution in [2.24, 2.45) is 5.92 Å². The van der Waals surface area contributed by atoms with Crippen LogP contribution in [0.15, 0.2) is 12.1 Å². The van der Waals surface area contributed by atoms with Crippen LogP contribution in [-0.4, -0.2) is 46.2 Å². The molecular weight excluding hydrogens is 338 g/mol. The number of thiol groups is 2. The summed E-state index contributed by atoms with van der Waals surface area (Å²) in [6.45, 7) is 0.393. The molecule has 1 aromatic carbocycles. The maximum absolute atomic E-state index is 12.6. The van der Waals surface area contributed by atoms with Gasteiger partial charge in [0.15, 0.2) is 11.5 Å². The monoisotopic (exact) mass is 355 g/mol. The van der Waals surface area contributed by atoms with E-state index in [4.69, 9.17) is 9.47 Å². The minimum absolute atomic E-state index is 0.157. The minimum Gasteiger partial charge on any atom is -0.480 e. The molecule has 2 aliphatic heterocycles. The number of aliphatic carboxylic acids is 1. The van der Waals surface area contributed by atoms with Crippen LogP contribution in [0.1, 0.15) is 11.1 Å². The Bertz CT molecular complexity index is 647. The van der Waals surface area contributed by atoms with Gasteiger partial charge in [0.05, 0.1) is 5.92 Å². The van der Waals surface area contributed by atoms with Gasteiger partial charge in [-0.25, -0.2) is 4.79 Å². The zero-order chi connectivity index (χ0) is 16.6. The number of carboxylic acid groups (broad SMARTS) is 1. The van der Waals surface area contributed by atoms with Crippen LogP contribution >= 0.6 is 25.3 Å². The van der Waals surface area contributed by atoms with Gasteiger partial charge in [0.2, 0.25) is 12.7 Å². The maximum atomic E-state index is 12.6. The van der Waals surface area contributed by atoms with Crippen LogP contribution in [0.2, 0.25) is 0 Å². The summed E-state index contributed by atoms with van der Waals surface area (Å²) >= 11 is 8.33. The Morgan fingerprint density at radius 3 is 2.39 bits per heavy atom. The normalized spacial score (nSPS) is 18.9. The molecule has 0 saturated heterocycles. The Morgan fingerprint density at radius 1 is 1.22 bits per heavy atom. The lowest BCUT2D eigenvalue weighted by molar-refractivity contribution is -0.152. The lowest BCUT2D eigenvalue weighted by atomic mass is 9.92. The van der Waals surface area contributed by atoms with Crippen molar-refractivity contribution in [1.82, 2.24) is 4.90 Å². The van der Waals surface area contributed by atoms with Crippen molar-refractivity contribution < 1.29 is 24.2 Å². The van der Waals surface area contributed by atoms with E-state index < -0.39 is 17.9 Å². The average Bonchev–Trinajstić information content (AvgIpc) is 2.99. The lowest BCUT2D eigenvalue weighted by Gasteiger charge is -2.36. The molecule has 6 nitrogen and oxygen atoms in total. The summed E-state index contributed by atoms with van der Waals surface area (Å²) in [6, 6.07) is 2.74. The van der Waals surface area contributed by atoms with Gasteiger partial charge in [-0.2, -0.15) is 25.3 Å². The summed E-state index contributed by atoms with van der Waals surface area (Å²) in [5, 5.41) is 9.52. The maximum Gasteiger partial charge on any atom is 0.326 e. The molecule has 1 atom stereocenters. The third kappa shape index (κ3) is 2.97. The number of ether oxygens (including phenoxy) is 2. The quantitative estimate of drug-likeness (QED) is 0.709. The van der Waals surface area contributed by atoms with Crippen molar-refractivity contribution in [2.45, 2.75) is 19.0 Å². The van der Waals surface area contributed by atoms with E-state index in [1.54, 1.807) is 0 Å². The smallest absolute Gasteiger partial charge is 0.326 e. The highest BCUT2D eigenvalue weighted by Crippen LogP contribution is 2.38. The number of carbonyl (C=O) groups is 2. The number of rotatable bonds is 4. The van der Waals surface area contributed by atoms with Crippen LogP contribution in [0, 0.1) is 5.92 Å². The third-order valence-electron chi connectivity index (χ3n) is 4.18. The van der Waals surface area contributed by atoms with Crippen molar-refractivity contribution in [1.29, 1.82) is 0 Å². The van der Waals surface area contributed by atoms with Crippen LogP contribution in [0.5, 0.6) is 11.5 Å². The number of benzene rings is 1. The van der Waals surface area contributed by atoms with Gasteiger partial charge in [-0.3, -0.25) is 4.79 Å². The lowest BCUT2D eigenvalue weighted by Crippen LogP contribution is -2.51. The number of carbonyl (C=O) groups excluding carboxylic acids is 1. The largest absolute Gasteiger partial charge is 0.480 e. The molecule has 2 aliphatic rings. The number of amides is 1. The molecule has 1 aromatic rings. The zero-order valence-electron chi connectivity index (χ0n) is 12.3. The molecule has 0 bridgehead atoms. The number of hydrogen-bond donors (Lipinski definition) is 3. The molecule has 0 unspecified atom stereocenters. The van der Waals surface area contributed by atoms with E-state index in [2.05, 4.69) is 25.3 Å². The third-order valence-corrected chi connectivity index (χ3v) is 5.06. The van der Waals surface area contributed by atoms with Crippen LogP contribution in [0.25, 0.3) is 0 Å². The predicted molar refractivity (Wildman–Crippen MR) is 89.4 cm³/mol. The van der Waals surface area contributed by atoms with Gasteiger partial charge in [-0.1, -0.05) is 0 Å². The Labute approximate surface area is 144 Å². The van der Waals surface area contributed by atoms with Crippen molar-refractivity contribution in [3.8, 4) is 11.5 Å². The Hall–Kier alpha value is -1.54. The molecule has 0 fully saturated rings. The van der Waals surface area contributed by atoms with E-state index in [0.717, 1.165) is 11.1 Å². The molecule has 0 aliphatic carbocycles. The van der Waals surface area contributed by atoms with E-state index in [-0.39, 0.29) is 25.7 Å². The molecule has 0 aromatic heterocycles. The van der Waals surface area contributed by atoms with Gasteiger partial charge >= 0.3 is 5.97 Å². The van der Waals surface area contributed by atoms with E-state index in [9.17, 15) is 14.7 Å². The van der Waals surface area contributed by atoms with Crippen LogP contribution in [0.4, 0.5) is 0 Å². The molecule has 0 radical (unpaired) electrons. The molecule has 23 heavy (non-hydrogen) atoms. The highest BCUT2D eigenvalue weighted by atomic mass is 32.1. The fourth-order valence-electron chi connectivity index (χ4n) is 2.88. The van der Waals surface area contributed by atoms with Gasteiger partial charge in [0.1, 0.15) is 6.04 Å². The van der Waals surface area contributed by atoms with Crippen LogP contribution in [0.3, 0.4) is 0 Å². The molecule has 2 heterocycles. The number of fused-ring (bicyclic) bond motifs is 2. The standard InChI is InChI=1S/C15H17NO5S2/c17-14(10(5-22)6-23)16-4-9-3-13-12(20-7-21-13)2-8(9)1-11(16)15(18)19/h2-3,10-11,22-23H,1,4-7H2,(H,18,19)/t11-/m0/s1. The van der Waals surface area contributed by atoms with E-state index in [0.29, 0.717) is 23.0 Å². The predicted octanol–water partition coefficient (Wildman–Crippen LogP) is 1.23. The second-order valence-corrected chi connectivity index (χ2v) is 6.29. The minimum atomic E-state index is -1.02. The van der Waals surface area contributed by atoms with Crippen LogP contribution in [-0.2, 0) is 22.6 Å². The summed E-state index contributed by atoms with van der Waals surface area (Å²) in [4.78, 5) is 25.7. The fourth-order valence-corrected chi connectivity index (χ4v) is 3.65. The first kappa shape index (κ1) is 16.3. The first-order valence-electron chi connectivity index (χ1n) is 7.21. The molecule has 0 spiro atoms. The van der Waals surface area contributed by atoms with E-state index >= 15 is 0 Å². The Balaban J connectivity index is 1.94. The topological polar surface area (TPSA) is 76.1 Å². The van der Waals surface area contributed by atoms with Crippen molar-refractivity contribution in [3.63, 3.8) is 0 Å². The number of carboxylic acids is 1. The summed E-state index contributed by atoms with van der Waals surface area (Å²) in [5.41, 5.74) is 1.76. The first-order valence-corrected chi connectivity index (χ1v) is 8.48. The SMILES string of the molecule is O=C(O)[C@@H]1Cc2cc3c(cc2CN1C(=O)C(CS)CS)OCO3. The zero-order valence-corrected chi connectivity index (χ0v) is 14.1. The summed E-state index contributed by atoms with van der Waals surface area (Å²) in [6.07, 6.45) is 0.249. The van der Waals surface area contributed by atoms with Gasteiger partial charge in [-0.15, -0.1) is 0 Å². The molecule has 124 valence electrons. The molecule has 1 amide bonds. The molecule has 0 saturated carbocycles. The molecule has 8 heteroatoms. The van der Waals surface area contributed by atoms with Gasteiger partial charge in [0, 0.05) is 24.5 Å². The van der Waals surface area contributed by atoms with Gasteiger partial charge in [-0.05, 0) is 23.3 Å². The van der Waals surface area contributed by atoms with Gasteiger partial charge in [0.25, 0.3) is 0 Å². The van der Waals surface area contributed by atoms with E-state index in [1.165, 1.54) is 4.90 Å². The number of nitrogens with zero attached hydrogens (tertiary/aromatic N) is 1. The molecule has 3 rings (SSSR count). The Kier molecular flexibility index (Phi) is 4.63. The summed E-state index contributed by atoms with van der Waals surface area (Å²) in [5.74, 6) is 0.267. The van der Waals surface area contributed by atoms with E-state index in [1.807, 2.05) is 12.1 Å². The summed E-state index contributed by atoms with van der Waals surface area (Å²) < 4.78 is 10.7. The second-order valence-electron chi connectivity index (χ2n) is 5.56. The summed E-state index contributed by atoms with van der Waals surface area (Å²) in [7, 11) is 0. The molecular formula is C15H17NO5S2. The average molecular weight is 355 g/mol. The fraction of sp³-hybridized carbons (Fsp3) is 0.467. The van der Waals surface area contributed by atoms with Crippen LogP contribution < -0.4 is 9.47 Å². The van der Waals surface area contributed by atoms with Crippen molar-refractivity contribution in [3.05, 3.63) is 23.3 Å². The van der Waals surface area contributed by atoms with Gasteiger partial charge < -0.3 is 19.5 Å². The highest BCUT2D eigenvalue weighted by molar-refractivity contribution is 7.81. The second kappa shape index (κ2) is 6.52. The Morgan fingerprint density at radius 2 is 1.83 bits per heavy atom. The first-order chi connectivity index (χ1) is 11.0. The molecule has 1 N–H and O–H groups in total. The van der Waals surface area contributed by atoms with Crippen molar-refractivity contribution in [2.75, 3.05) is 18.3 Å². The number of hydrogen-bond acceptors (Lipinski definition) is 6.